The van der Waals surface area contributed by atoms with E-state index < -0.39 is 18.2 Å². The molecule has 136 valence electrons. The molecule has 0 aliphatic heterocycles. The van der Waals surface area contributed by atoms with Crippen molar-refractivity contribution in [2.75, 3.05) is 0 Å². The number of hydrogen-bond acceptors (Lipinski definition) is 5. The van der Waals surface area contributed by atoms with Crippen molar-refractivity contribution >= 4 is 5.97 Å². The number of nitrogens with one attached hydrogen (secondary N) is 1. The lowest BCUT2D eigenvalue weighted by Crippen LogP contribution is -2.41. The van der Waals surface area contributed by atoms with Gasteiger partial charge in [0.1, 0.15) is 0 Å². The van der Waals surface area contributed by atoms with Gasteiger partial charge in [-0.3, -0.25) is 0 Å². The van der Waals surface area contributed by atoms with E-state index in [9.17, 15) is 28.5 Å². The lowest BCUT2D eigenvalue weighted by molar-refractivity contribution is -0.192. The first-order chi connectivity index (χ1) is 10.9. The number of carbonyl (C=O) groups is 1. The Morgan fingerprint density at radius 3 is 2.21 bits per heavy atom. The third-order valence-electron chi connectivity index (χ3n) is 3.45. The number of alkyl halides is 3. The summed E-state index contributed by atoms with van der Waals surface area (Å²) in [6.45, 7) is 4.08. The number of carboxylic acid groups (broad SMARTS) is 1. The number of aliphatic carboxylic acids is 1. The second-order valence-corrected chi connectivity index (χ2v) is 5.75. The van der Waals surface area contributed by atoms with Gasteiger partial charge >= 0.3 is 12.1 Å². The van der Waals surface area contributed by atoms with Crippen molar-refractivity contribution in [2.24, 2.45) is 0 Å². The van der Waals surface area contributed by atoms with Crippen LogP contribution in [-0.2, 0) is 11.2 Å². The monoisotopic (exact) mass is 351 g/mol. The number of phenolic OH excluding ortho intramolecular Hbond substituents is 2. The summed E-state index contributed by atoms with van der Waals surface area (Å²) in [5.41, 5.74) is 1.62. The maximum absolute atomic E-state index is 10.6. The van der Waals surface area contributed by atoms with Gasteiger partial charge in [0.2, 0.25) is 0 Å². The molecule has 5 N–H and O–H groups in total. The summed E-state index contributed by atoms with van der Waals surface area (Å²) in [7, 11) is 0. The number of phenols is 2. The van der Waals surface area contributed by atoms with E-state index >= 15 is 0 Å². The van der Waals surface area contributed by atoms with Gasteiger partial charge in [0.25, 0.3) is 0 Å². The molecule has 1 aliphatic rings. The average molecular weight is 351 g/mol. The zero-order valence-electron chi connectivity index (χ0n) is 13.1. The number of fused-ring (bicyclic) bond motifs is 1. The molecule has 0 bridgehead atoms. The molecule has 1 aromatic carbocycles. The maximum Gasteiger partial charge on any atom is 0.490 e. The highest BCUT2D eigenvalue weighted by atomic mass is 19.4. The van der Waals surface area contributed by atoms with Crippen LogP contribution in [0.25, 0.3) is 0 Å². The van der Waals surface area contributed by atoms with Gasteiger partial charge in [-0.1, -0.05) is 13.8 Å². The number of halogens is 3. The molecule has 2 rings (SSSR count). The largest absolute Gasteiger partial charge is 0.504 e. The summed E-state index contributed by atoms with van der Waals surface area (Å²) in [5, 5.41) is 39.6. The summed E-state index contributed by atoms with van der Waals surface area (Å²) < 4.78 is 31.7. The van der Waals surface area contributed by atoms with E-state index in [0.29, 0.717) is 11.6 Å². The summed E-state index contributed by atoms with van der Waals surface area (Å²) in [6, 6.07) is 3.32. The number of benzene rings is 1. The first-order valence-corrected chi connectivity index (χ1v) is 7.22. The molecule has 6 nitrogen and oxygen atoms in total. The number of aliphatic hydroxyl groups excluding tert-OH is 1. The summed E-state index contributed by atoms with van der Waals surface area (Å²) in [6.07, 6.45) is -4.09. The Hall–Kier alpha value is -2.00. The number of carboxylic acids is 1. The van der Waals surface area contributed by atoms with Gasteiger partial charge in [-0.15, -0.1) is 0 Å². The van der Waals surface area contributed by atoms with Gasteiger partial charge in [0, 0.05) is 12.1 Å². The number of rotatable bonds is 2. The minimum atomic E-state index is -5.08. The van der Waals surface area contributed by atoms with Crippen LogP contribution in [0.15, 0.2) is 12.1 Å². The van der Waals surface area contributed by atoms with Gasteiger partial charge in [-0.05, 0) is 36.1 Å². The van der Waals surface area contributed by atoms with Crippen LogP contribution in [0.5, 0.6) is 11.5 Å². The van der Waals surface area contributed by atoms with Crippen LogP contribution in [-0.4, -0.2) is 44.7 Å². The molecule has 24 heavy (non-hydrogen) atoms. The van der Waals surface area contributed by atoms with Crippen LogP contribution in [0.1, 0.15) is 37.5 Å². The highest BCUT2D eigenvalue weighted by Crippen LogP contribution is 2.37. The van der Waals surface area contributed by atoms with Crippen LogP contribution < -0.4 is 5.32 Å². The van der Waals surface area contributed by atoms with Crippen molar-refractivity contribution < 1.29 is 38.4 Å². The highest BCUT2D eigenvalue weighted by molar-refractivity contribution is 5.73. The second kappa shape index (κ2) is 7.71. The molecule has 0 radical (unpaired) electrons. The topological polar surface area (TPSA) is 110 Å². The van der Waals surface area contributed by atoms with E-state index in [1.807, 2.05) is 13.8 Å². The fraction of sp³-hybridized carbons (Fsp3) is 0.533. The predicted molar refractivity (Wildman–Crippen MR) is 78.8 cm³/mol. The standard InChI is InChI=1S/C13H19NO3.C2HF3O2/c1-7(2)14-10-4-3-8-5-11(15)12(16)6-9(8)13(10)17;3-2(4,5)1(6)7/h5-7,10,13-17H,3-4H2,1-2H3;(H,6,7)/t10-,13+;/m1./s1. The molecular weight excluding hydrogens is 331 g/mol. The lowest BCUT2D eigenvalue weighted by atomic mass is 9.85. The molecule has 0 spiro atoms. The SMILES string of the molecule is CC(C)N[C@@H]1CCc2cc(O)c(O)cc2[C@@H]1O.O=C(O)C(F)(F)F. The smallest absolute Gasteiger partial charge is 0.490 e. The third-order valence-corrected chi connectivity index (χ3v) is 3.45. The molecule has 0 aromatic heterocycles. The molecule has 0 unspecified atom stereocenters. The molecule has 1 aliphatic carbocycles. The van der Waals surface area contributed by atoms with Crippen molar-refractivity contribution in [1.29, 1.82) is 0 Å². The highest BCUT2D eigenvalue weighted by Gasteiger charge is 2.38. The fourth-order valence-corrected chi connectivity index (χ4v) is 2.42. The Bertz CT molecular complexity index is 589. The number of aryl methyl sites for hydroxylation is 1. The molecule has 0 saturated carbocycles. The Labute approximate surface area is 136 Å². The number of aromatic hydroxyl groups is 2. The van der Waals surface area contributed by atoms with E-state index in [2.05, 4.69) is 5.32 Å². The van der Waals surface area contributed by atoms with E-state index in [-0.39, 0.29) is 17.5 Å². The molecule has 1 aromatic rings. The number of aliphatic hydroxyl groups is 1. The van der Waals surface area contributed by atoms with Gasteiger partial charge in [-0.2, -0.15) is 13.2 Å². The minimum Gasteiger partial charge on any atom is -0.504 e. The summed E-state index contributed by atoms with van der Waals surface area (Å²) in [4.78, 5) is 8.90. The van der Waals surface area contributed by atoms with Crippen LogP contribution >= 0.6 is 0 Å². The molecule has 0 amide bonds. The minimum absolute atomic E-state index is 0.00597. The summed E-state index contributed by atoms with van der Waals surface area (Å²) in [5.74, 6) is -3.05. The van der Waals surface area contributed by atoms with Crippen LogP contribution in [0.4, 0.5) is 13.2 Å². The predicted octanol–water partition coefficient (Wildman–Crippen LogP) is 2.08. The van der Waals surface area contributed by atoms with Crippen LogP contribution in [0, 0.1) is 0 Å². The van der Waals surface area contributed by atoms with Crippen molar-refractivity contribution in [1.82, 2.24) is 5.32 Å². The Kier molecular flexibility index (Phi) is 6.44. The van der Waals surface area contributed by atoms with Gasteiger partial charge in [0.15, 0.2) is 11.5 Å². The quantitative estimate of drug-likeness (QED) is 0.522. The van der Waals surface area contributed by atoms with Gasteiger partial charge in [0.05, 0.1) is 6.10 Å². The average Bonchev–Trinajstić information content (AvgIpc) is 2.44. The van der Waals surface area contributed by atoms with E-state index in [1.165, 1.54) is 6.07 Å². The Morgan fingerprint density at radius 2 is 1.75 bits per heavy atom. The van der Waals surface area contributed by atoms with E-state index in [1.54, 1.807) is 6.07 Å². The Balaban J connectivity index is 0.000000351. The van der Waals surface area contributed by atoms with Gasteiger partial charge in [-0.25, -0.2) is 4.79 Å². The lowest BCUT2D eigenvalue weighted by Gasteiger charge is -2.32. The van der Waals surface area contributed by atoms with Crippen molar-refractivity contribution in [3.63, 3.8) is 0 Å². The first kappa shape index (κ1) is 20.0. The Morgan fingerprint density at radius 1 is 1.25 bits per heavy atom. The van der Waals surface area contributed by atoms with Crippen LogP contribution in [0.3, 0.4) is 0 Å². The zero-order valence-corrected chi connectivity index (χ0v) is 13.1. The molecule has 0 fully saturated rings. The van der Waals surface area contributed by atoms with Gasteiger partial charge < -0.3 is 25.7 Å². The van der Waals surface area contributed by atoms with E-state index in [4.69, 9.17) is 9.90 Å². The van der Waals surface area contributed by atoms with Crippen LogP contribution in [0.2, 0.25) is 0 Å². The van der Waals surface area contributed by atoms with E-state index in [0.717, 1.165) is 18.4 Å². The molecule has 0 saturated heterocycles. The fourth-order valence-electron chi connectivity index (χ4n) is 2.42. The number of hydrogen-bond donors (Lipinski definition) is 5. The van der Waals surface area contributed by atoms with Crippen molar-refractivity contribution in [3.8, 4) is 11.5 Å². The van der Waals surface area contributed by atoms with Crippen molar-refractivity contribution in [2.45, 2.75) is 51.1 Å². The van der Waals surface area contributed by atoms with Crippen molar-refractivity contribution in [3.05, 3.63) is 23.3 Å². The maximum atomic E-state index is 10.6. The zero-order chi connectivity index (χ0) is 18.7. The summed E-state index contributed by atoms with van der Waals surface area (Å²) >= 11 is 0. The second-order valence-electron chi connectivity index (χ2n) is 5.75. The molecule has 9 heteroatoms. The molecule has 0 heterocycles. The normalized spacial score (nSPS) is 20.1. The first-order valence-electron chi connectivity index (χ1n) is 7.22. The molecular formula is C15H20F3NO5. The third kappa shape index (κ3) is 5.27. The molecule has 2 atom stereocenters.